The maximum atomic E-state index is 11.8. The van der Waals surface area contributed by atoms with Crippen molar-refractivity contribution in [2.45, 2.75) is 19.4 Å². The molecule has 86 valence electrons. The number of alkyl halides is 1. The number of carbonyl (C=O) groups is 1. The van der Waals surface area contributed by atoms with Crippen molar-refractivity contribution in [3.8, 4) is 0 Å². The highest BCUT2D eigenvalue weighted by Gasteiger charge is 2.32. The Morgan fingerprint density at radius 3 is 2.81 bits per heavy atom. The van der Waals surface area contributed by atoms with E-state index in [1.807, 2.05) is 17.0 Å². The number of nitrogens with zero attached hydrogens (tertiary/aromatic N) is 2. The van der Waals surface area contributed by atoms with Crippen LogP contribution in [0.5, 0.6) is 0 Å². The van der Waals surface area contributed by atoms with Gasteiger partial charge in [0, 0.05) is 30.7 Å². The van der Waals surface area contributed by atoms with Crippen molar-refractivity contribution in [2.75, 3.05) is 11.9 Å². The van der Waals surface area contributed by atoms with Crippen LogP contribution in [0.3, 0.4) is 0 Å². The summed E-state index contributed by atoms with van der Waals surface area (Å²) in [7, 11) is 0. The molecule has 0 aliphatic carbocycles. The van der Waals surface area contributed by atoms with Gasteiger partial charge in [0.1, 0.15) is 0 Å². The smallest absolute Gasteiger partial charge is 0.223 e. The number of hydrogen-bond donors (Lipinski definition) is 0. The molecule has 4 heteroatoms. The second kappa shape index (κ2) is 4.95. The van der Waals surface area contributed by atoms with E-state index in [1.54, 1.807) is 12.4 Å². The van der Waals surface area contributed by atoms with Crippen LogP contribution in [0.15, 0.2) is 24.5 Å². The van der Waals surface area contributed by atoms with Crippen molar-refractivity contribution >= 4 is 21.8 Å². The average molecular weight is 283 g/mol. The highest BCUT2D eigenvalue weighted by atomic mass is 79.9. The van der Waals surface area contributed by atoms with Gasteiger partial charge in [0.2, 0.25) is 5.91 Å². The SMILES string of the molecule is CC(c1ccncc1)N1CC(CBr)CC1=O. The van der Waals surface area contributed by atoms with E-state index in [9.17, 15) is 4.79 Å². The predicted molar refractivity (Wildman–Crippen MR) is 66.3 cm³/mol. The van der Waals surface area contributed by atoms with Crippen molar-refractivity contribution in [1.82, 2.24) is 9.88 Å². The van der Waals surface area contributed by atoms with Crippen LogP contribution in [0.2, 0.25) is 0 Å². The highest BCUT2D eigenvalue weighted by Crippen LogP contribution is 2.28. The van der Waals surface area contributed by atoms with Crippen LogP contribution in [-0.4, -0.2) is 27.7 Å². The lowest BCUT2D eigenvalue weighted by molar-refractivity contribution is -0.129. The predicted octanol–water partition coefficient (Wildman–Crippen LogP) is 2.39. The molecule has 0 radical (unpaired) electrons. The number of rotatable bonds is 3. The zero-order chi connectivity index (χ0) is 11.5. The van der Waals surface area contributed by atoms with Crippen LogP contribution in [0, 0.1) is 5.92 Å². The Hall–Kier alpha value is -0.900. The van der Waals surface area contributed by atoms with E-state index in [0.29, 0.717) is 12.3 Å². The maximum absolute atomic E-state index is 11.8. The molecule has 1 aliphatic heterocycles. The van der Waals surface area contributed by atoms with E-state index in [0.717, 1.165) is 17.4 Å². The molecule has 1 fully saturated rings. The summed E-state index contributed by atoms with van der Waals surface area (Å²) in [6.07, 6.45) is 4.21. The summed E-state index contributed by atoms with van der Waals surface area (Å²) in [5.74, 6) is 0.713. The van der Waals surface area contributed by atoms with Crippen LogP contribution in [-0.2, 0) is 4.79 Å². The first kappa shape index (κ1) is 11.6. The molecule has 1 aromatic rings. The number of amides is 1. The molecular formula is C12H15BrN2O. The van der Waals surface area contributed by atoms with E-state index in [2.05, 4.69) is 27.8 Å². The lowest BCUT2D eigenvalue weighted by Gasteiger charge is -2.25. The molecule has 2 atom stereocenters. The Bertz CT molecular complexity index is 369. The molecule has 0 spiro atoms. The molecule has 2 rings (SSSR count). The molecule has 2 unspecified atom stereocenters. The first-order valence-corrected chi connectivity index (χ1v) is 6.60. The summed E-state index contributed by atoms with van der Waals surface area (Å²) in [5.41, 5.74) is 1.15. The fraction of sp³-hybridized carbons (Fsp3) is 0.500. The van der Waals surface area contributed by atoms with Crippen molar-refractivity contribution in [1.29, 1.82) is 0 Å². The molecule has 3 nitrogen and oxygen atoms in total. The second-order valence-electron chi connectivity index (χ2n) is 4.23. The van der Waals surface area contributed by atoms with Gasteiger partial charge < -0.3 is 4.90 Å². The van der Waals surface area contributed by atoms with Crippen LogP contribution < -0.4 is 0 Å². The Balaban J connectivity index is 2.11. The van der Waals surface area contributed by atoms with Gasteiger partial charge in [0.25, 0.3) is 0 Å². The highest BCUT2D eigenvalue weighted by molar-refractivity contribution is 9.09. The Morgan fingerprint density at radius 1 is 1.56 bits per heavy atom. The third-order valence-electron chi connectivity index (χ3n) is 3.11. The van der Waals surface area contributed by atoms with Gasteiger partial charge in [0.15, 0.2) is 0 Å². The minimum atomic E-state index is 0.152. The number of likely N-dealkylation sites (tertiary alicyclic amines) is 1. The molecule has 1 aliphatic rings. The van der Waals surface area contributed by atoms with Gasteiger partial charge in [-0.3, -0.25) is 9.78 Å². The summed E-state index contributed by atoms with van der Waals surface area (Å²) in [4.78, 5) is 17.8. The average Bonchev–Trinajstić information content (AvgIpc) is 2.71. The van der Waals surface area contributed by atoms with Crippen LogP contribution >= 0.6 is 15.9 Å². The number of carbonyl (C=O) groups excluding carboxylic acids is 1. The monoisotopic (exact) mass is 282 g/mol. The zero-order valence-electron chi connectivity index (χ0n) is 9.27. The second-order valence-corrected chi connectivity index (χ2v) is 4.87. The maximum Gasteiger partial charge on any atom is 0.223 e. The Labute approximate surface area is 104 Å². The van der Waals surface area contributed by atoms with E-state index in [4.69, 9.17) is 0 Å². The molecule has 1 aromatic heterocycles. The topological polar surface area (TPSA) is 33.2 Å². The molecule has 16 heavy (non-hydrogen) atoms. The Morgan fingerprint density at radius 2 is 2.25 bits per heavy atom. The van der Waals surface area contributed by atoms with Crippen LogP contribution in [0.25, 0.3) is 0 Å². The fourth-order valence-corrected chi connectivity index (χ4v) is 2.54. The Kier molecular flexibility index (Phi) is 3.59. The fourth-order valence-electron chi connectivity index (χ4n) is 2.11. The third-order valence-corrected chi connectivity index (χ3v) is 4.03. The quantitative estimate of drug-likeness (QED) is 0.798. The lowest BCUT2D eigenvalue weighted by atomic mass is 10.1. The molecule has 0 saturated carbocycles. The molecule has 0 N–H and O–H groups in total. The van der Waals surface area contributed by atoms with Gasteiger partial charge in [-0.25, -0.2) is 0 Å². The summed E-state index contributed by atoms with van der Waals surface area (Å²) in [6.45, 7) is 2.93. The molecule has 0 bridgehead atoms. The van der Waals surface area contributed by atoms with Gasteiger partial charge >= 0.3 is 0 Å². The molecular weight excluding hydrogens is 268 g/mol. The van der Waals surface area contributed by atoms with Crippen molar-refractivity contribution < 1.29 is 4.79 Å². The van der Waals surface area contributed by atoms with Crippen molar-refractivity contribution in [2.24, 2.45) is 5.92 Å². The van der Waals surface area contributed by atoms with E-state index in [1.165, 1.54) is 0 Å². The summed E-state index contributed by atoms with van der Waals surface area (Å²) in [5, 5.41) is 0.901. The van der Waals surface area contributed by atoms with Gasteiger partial charge in [-0.05, 0) is 30.5 Å². The molecule has 1 saturated heterocycles. The van der Waals surface area contributed by atoms with Gasteiger partial charge in [-0.15, -0.1) is 0 Å². The largest absolute Gasteiger partial charge is 0.336 e. The molecule has 0 aromatic carbocycles. The normalized spacial score (nSPS) is 22.5. The standard InChI is InChI=1S/C12H15BrN2O/c1-9(11-2-4-14-5-3-11)15-8-10(7-13)6-12(15)16/h2-5,9-10H,6-8H2,1H3. The van der Waals surface area contributed by atoms with E-state index in [-0.39, 0.29) is 11.9 Å². The van der Waals surface area contributed by atoms with Gasteiger partial charge in [-0.1, -0.05) is 15.9 Å². The number of halogens is 1. The lowest BCUT2D eigenvalue weighted by Crippen LogP contribution is -2.28. The first-order chi connectivity index (χ1) is 7.72. The summed E-state index contributed by atoms with van der Waals surface area (Å²) < 4.78 is 0. The summed E-state index contributed by atoms with van der Waals surface area (Å²) >= 11 is 3.45. The van der Waals surface area contributed by atoms with E-state index >= 15 is 0 Å². The third kappa shape index (κ3) is 2.26. The van der Waals surface area contributed by atoms with Crippen LogP contribution in [0.1, 0.15) is 24.9 Å². The van der Waals surface area contributed by atoms with Crippen molar-refractivity contribution in [3.63, 3.8) is 0 Å². The van der Waals surface area contributed by atoms with E-state index < -0.39 is 0 Å². The number of pyridine rings is 1. The minimum Gasteiger partial charge on any atom is -0.336 e. The number of hydrogen-bond acceptors (Lipinski definition) is 2. The first-order valence-electron chi connectivity index (χ1n) is 5.47. The van der Waals surface area contributed by atoms with Gasteiger partial charge in [0.05, 0.1) is 6.04 Å². The molecule has 2 heterocycles. The minimum absolute atomic E-state index is 0.152. The van der Waals surface area contributed by atoms with Crippen LogP contribution in [0.4, 0.5) is 0 Å². The number of aromatic nitrogens is 1. The van der Waals surface area contributed by atoms with Crippen molar-refractivity contribution in [3.05, 3.63) is 30.1 Å². The molecule has 1 amide bonds. The van der Waals surface area contributed by atoms with Gasteiger partial charge in [-0.2, -0.15) is 0 Å². The zero-order valence-corrected chi connectivity index (χ0v) is 10.9. The summed E-state index contributed by atoms with van der Waals surface area (Å²) in [6, 6.07) is 4.10.